The Kier molecular flexibility index (Phi) is 4.45. The van der Waals surface area contributed by atoms with E-state index in [0.29, 0.717) is 12.1 Å². The highest BCUT2D eigenvalue weighted by Gasteiger charge is 2.18. The van der Waals surface area contributed by atoms with Crippen molar-refractivity contribution in [3.63, 3.8) is 0 Å². The van der Waals surface area contributed by atoms with Crippen LogP contribution in [0.5, 0.6) is 0 Å². The van der Waals surface area contributed by atoms with E-state index in [1.54, 1.807) is 0 Å². The highest BCUT2D eigenvalue weighted by molar-refractivity contribution is 5.74. The molecule has 0 aromatic heterocycles. The Morgan fingerprint density at radius 1 is 0.938 bits per heavy atom. The molecule has 1 saturated heterocycles. The maximum Gasteiger partial charge on any atom is 0.315 e. The number of hydrogen-bond acceptors (Lipinski definition) is 2. The third kappa shape index (κ3) is 3.67. The molecule has 1 aliphatic carbocycles. The maximum atomic E-state index is 11.7. The number of piperidine rings is 1. The Bertz CT molecular complexity index is 198. The van der Waals surface area contributed by atoms with Crippen LogP contribution in [0.1, 0.15) is 44.9 Å². The highest BCUT2D eigenvalue weighted by atomic mass is 16.2. The predicted molar refractivity (Wildman–Crippen MR) is 64.4 cm³/mol. The molecular formula is C12H23N3O. The van der Waals surface area contributed by atoms with Crippen LogP contribution >= 0.6 is 0 Å². The summed E-state index contributed by atoms with van der Waals surface area (Å²) in [5.41, 5.74) is 0. The molecule has 4 nitrogen and oxygen atoms in total. The standard InChI is InChI=1S/C12H23N3O/c16-12(14-10-5-2-1-3-6-10)15-11-7-4-8-13-9-11/h10-11,13H,1-9H2,(H2,14,15,16)/t11-/m0/s1. The van der Waals surface area contributed by atoms with Gasteiger partial charge in [0.1, 0.15) is 0 Å². The Hall–Kier alpha value is -0.770. The molecule has 2 amide bonds. The van der Waals surface area contributed by atoms with Crippen molar-refractivity contribution in [2.24, 2.45) is 0 Å². The van der Waals surface area contributed by atoms with E-state index in [2.05, 4.69) is 16.0 Å². The average Bonchev–Trinajstić information content (AvgIpc) is 2.31. The van der Waals surface area contributed by atoms with Gasteiger partial charge in [-0.05, 0) is 32.2 Å². The van der Waals surface area contributed by atoms with Crippen LogP contribution in [-0.4, -0.2) is 31.2 Å². The fraction of sp³-hybridized carbons (Fsp3) is 0.917. The van der Waals surface area contributed by atoms with E-state index in [1.807, 2.05) is 0 Å². The summed E-state index contributed by atoms with van der Waals surface area (Å²) >= 11 is 0. The summed E-state index contributed by atoms with van der Waals surface area (Å²) in [6, 6.07) is 0.753. The van der Waals surface area contributed by atoms with E-state index < -0.39 is 0 Å². The molecule has 0 bridgehead atoms. The number of rotatable bonds is 2. The summed E-state index contributed by atoms with van der Waals surface area (Å²) in [5, 5.41) is 9.44. The number of hydrogen-bond donors (Lipinski definition) is 3. The van der Waals surface area contributed by atoms with Crippen molar-refractivity contribution in [1.29, 1.82) is 0 Å². The van der Waals surface area contributed by atoms with Gasteiger partial charge >= 0.3 is 6.03 Å². The summed E-state index contributed by atoms with van der Waals surface area (Å²) in [5.74, 6) is 0. The first-order valence-electron chi connectivity index (χ1n) is 6.62. The number of carbonyl (C=O) groups excluding carboxylic acids is 1. The highest BCUT2D eigenvalue weighted by Crippen LogP contribution is 2.17. The zero-order valence-corrected chi connectivity index (χ0v) is 9.93. The lowest BCUT2D eigenvalue weighted by atomic mass is 9.96. The zero-order valence-electron chi connectivity index (χ0n) is 9.93. The van der Waals surface area contributed by atoms with Gasteiger partial charge in [-0.1, -0.05) is 19.3 Å². The SMILES string of the molecule is O=C(NC1CCCCC1)N[C@H]1CCCNC1. The van der Waals surface area contributed by atoms with Crippen molar-refractivity contribution in [2.75, 3.05) is 13.1 Å². The van der Waals surface area contributed by atoms with Crippen LogP contribution in [0, 0.1) is 0 Å². The molecule has 2 aliphatic rings. The minimum atomic E-state index is 0.0283. The van der Waals surface area contributed by atoms with Crippen molar-refractivity contribution in [3.8, 4) is 0 Å². The van der Waals surface area contributed by atoms with Crippen LogP contribution in [0.2, 0.25) is 0 Å². The normalized spacial score (nSPS) is 27.4. The zero-order chi connectivity index (χ0) is 11.2. The van der Waals surface area contributed by atoms with Gasteiger partial charge in [0.15, 0.2) is 0 Å². The predicted octanol–water partition coefficient (Wildman–Crippen LogP) is 1.37. The monoisotopic (exact) mass is 225 g/mol. The second kappa shape index (κ2) is 6.09. The lowest BCUT2D eigenvalue weighted by molar-refractivity contribution is 0.226. The Labute approximate surface area is 97.6 Å². The topological polar surface area (TPSA) is 53.2 Å². The molecule has 0 radical (unpaired) electrons. The fourth-order valence-electron chi connectivity index (χ4n) is 2.63. The molecule has 2 fully saturated rings. The molecule has 0 unspecified atom stereocenters. The van der Waals surface area contributed by atoms with Crippen LogP contribution < -0.4 is 16.0 Å². The molecule has 0 aromatic rings. The molecule has 92 valence electrons. The quantitative estimate of drug-likeness (QED) is 0.665. The fourth-order valence-corrected chi connectivity index (χ4v) is 2.63. The third-order valence-corrected chi connectivity index (χ3v) is 3.57. The van der Waals surface area contributed by atoms with Crippen LogP contribution in [-0.2, 0) is 0 Å². The molecule has 0 aromatic carbocycles. The molecule has 0 spiro atoms. The molecule has 16 heavy (non-hydrogen) atoms. The van der Waals surface area contributed by atoms with Gasteiger partial charge in [-0.25, -0.2) is 4.79 Å². The van der Waals surface area contributed by atoms with Crippen LogP contribution in [0.4, 0.5) is 4.79 Å². The van der Waals surface area contributed by atoms with Crippen molar-refractivity contribution >= 4 is 6.03 Å². The second-order valence-corrected chi connectivity index (χ2v) is 5.00. The van der Waals surface area contributed by atoms with Gasteiger partial charge < -0.3 is 16.0 Å². The van der Waals surface area contributed by atoms with Crippen molar-refractivity contribution in [2.45, 2.75) is 57.0 Å². The van der Waals surface area contributed by atoms with Gasteiger partial charge in [0.2, 0.25) is 0 Å². The van der Waals surface area contributed by atoms with Gasteiger partial charge in [0, 0.05) is 18.6 Å². The third-order valence-electron chi connectivity index (χ3n) is 3.57. The summed E-state index contributed by atoms with van der Waals surface area (Å²) in [6.45, 7) is 2.00. The lowest BCUT2D eigenvalue weighted by Crippen LogP contribution is -2.51. The summed E-state index contributed by atoms with van der Waals surface area (Å²) in [7, 11) is 0. The van der Waals surface area contributed by atoms with E-state index in [4.69, 9.17) is 0 Å². The summed E-state index contributed by atoms with van der Waals surface area (Å²) in [6.07, 6.45) is 8.41. The minimum Gasteiger partial charge on any atom is -0.335 e. The van der Waals surface area contributed by atoms with Crippen LogP contribution in [0.3, 0.4) is 0 Å². The Morgan fingerprint density at radius 2 is 1.62 bits per heavy atom. The number of carbonyl (C=O) groups is 1. The smallest absolute Gasteiger partial charge is 0.315 e. The molecule has 3 N–H and O–H groups in total. The number of nitrogens with one attached hydrogen (secondary N) is 3. The van der Waals surface area contributed by atoms with Gasteiger partial charge in [0.25, 0.3) is 0 Å². The first-order valence-corrected chi connectivity index (χ1v) is 6.62. The van der Waals surface area contributed by atoms with Crippen molar-refractivity contribution < 1.29 is 4.79 Å². The molecule has 2 rings (SSSR count). The van der Waals surface area contributed by atoms with Gasteiger partial charge in [-0.2, -0.15) is 0 Å². The minimum absolute atomic E-state index is 0.0283. The first-order chi connectivity index (χ1) is 7.84. The molecule has 1 heterocycles. The maximum absolute atomic E-state index is 11.7. The van der Waals surface area contributed by atoms with Gasteiger partial charge in [-0.3, -0.25) is 0 Å². The van der Waals surface area contributed by atoms with Crippen LogP contribution in [0.25, 0.3) is 0 Å². The van der Waals surface area contributed by atoms with Crippen molar-refractivity contribution in [1.82, 2.24) is 16.0 Å². The van der Waals surface area contributed by atoms with Gasteiger partial charge in [-0.15, -0.1) is 0 Å². The van der Waals surface area contributed by atoms with Crippen molar-refractivity contribution in [3.05, 3.63) is 0 Å². The molecule has 1 aliphatic heterocycles. The van der Waals surface area contributed by atoms with E-state index in [9.17, 15) is 4.79 Å². The van der Waals surface area contributed by atoms with E-state index in [-0.39, 0.29) is 6.03 Å². The average molecular weight is 225 g/mol. The lowest BCUT2D eigenvalue weighted by Gasteiger charge is -2.27. The molecule has 4 heteroatoms. The van der Waals surface area contributed by atoms with E-state index in [1.165, 1.54) is 19.3 Å². The van der Waals surface area contributed by atoms with Crippen LogP contribution in [0.15, 0.2) is 0 Å². The molecular weight excluding hydrogens is 202 g/mol. The van der Waals surface area contributed by atoms with E-state index >= 15 is 0 Å². The van der Waals surface area contributed by atoms with E-state index in [0.717, 1.165) is 38.8 Å². The summed E-state index contributed by atoms with van der Waals surface area (Å²) in [4.78, 5) is 11.7. The van der Waals surface area contributed by atoms with Gasteiger partial charge in [0.05, 0.1) is 0 Å². The Morgan fingerprint density at radius 3 is 2.31 bits per heavy atom. The molecule has 1 saturated carbocycles. The molecule has 1 atom stereocenters. The first kappa shape index (κ1) is 11.7. The number of amides is 2. The second-order valence-electron chi connectivity index (χ2n) is 5.00. The largest absolute Gasteiger partial charge is 0.335 e. The Balaban J connectivity index is 1.66. The summed E-state index contributed by atoms with van der Waals surface area (Å²) < 4.78 is 0. The number of urea groups is 1.